The Bertz CT molecular complexity index is 796. The van der Waals surface area contributed by atoms with Gasteiger partial charge >= 0.3 is 5.97 Å². The Labute approximate surface area is 197 Å². The third-order valence-corrected chi connectivity index (χ3v) is 8.68. The van der Waals surface area contributed by atoms with Gasteiger partial charge in [0, 0.05) is 11.3 Å². The van der Waals surface area contributed by atoms with Crippen LogP contribution in [0.5, 0.6) is 0 Å². The smallest absolute Gasteiger partial charge is 0.337 e. The van der Waals surface area contributed by atoms with Crippen LogP contribution in [-0.2, 0) is 11.2 Å². The number of hydrogen-bond donors (Lipinski definition) is 2. The molecule has 0 radical (unpaired) electrons. The van der Waals surface area contributed by atoms with Crippen LogP contribution < -0.4 is 0 Å². The van der Waals surface area contributed by atoms with Gasteiger partial charge in [-0.2, -0.15) is 0 Å². The second kappa shape index (κ2) is 10.3. The van der Waals surface area contributed by atoms with Gasteiger partial charge in [0.15, 0.2) is 0 Å². The Morgan fingerprint density at radius 1 is 1.28 bits per heavy atom. The summed E-state index contributed by atoms with van der Waals surface area (Å²) in [7, 11) is 1.38. The van der Waals surface area contributed by atoms with Crippen LogP contribution in [0.3, 0.4) is 0 Å². The van der Waals surface area contributed by atoms with Crippen LogP contribution in [0.2, 0.25) is 0 Å². The molecule has 0 amide bonds. The van der Waals surface area contributed by atoms with Crippen molar-refractivity contribution < 1.29 is 19.7 Å². The number of benzene rings is 1. The zero-order chi connectivity index (χ0) is 22.7. The molecule has 5 heteroatoms. The third-order valence-electron chi connectivity index (χ3n) is 8.18. The molecule has 0 heterocycles. The summed E-state index contributed by atoms with van der Waals surface area (Å²) < 4.78 is 4.76. The van der Waals surface area contributed by atoms with Crippen LogP contribution in [0, 0.1) is 23.2 Å². The number of methoxy groups -OCH3 is 1. The standard InChI is InChI=1S/C27H37ClO4/c1-32-26(31)20-11-8-18(9-12-20)10-13-21-22(24(29)16-23(21)28)4-2-5-25(30)27(14-3-15-27)17-19-6-7-19/h2,4,8-9,11-12,19,21-25,29-30H,3,5-7,10,13-17H2,1H3/t21-,22-,23?,24?,25?/m1/s1. The summed E-state index contributed by atoms with van der Waals surface area (Å²) >= 11 is 6.63. The van der Waals surface area contributed by atoms with E-state index in [0.717, 1.165) is 37.2 Å². The molecule has 0 bridgehead atoms. The molecule has 2 N–H and O–H groups in total. The van der Waals surface area contributed by atoms with Crippen molar-refractivity contribution in [3.63, 3.8) is 0 Å². The number of rotatable bonds is 10. The summed E-state index contributed by atoms with van der Waals surface area (Å²) in [5.74, 6) is 0.738. The Balaban J connectivity index is 1.32. The number of esters is 1. The number of alkyl halides is 1. The van der Waals surface area contributed by atoms with Gasteiger partial charge in [-0.15, -0.1) is 11.6 Å². The van der Waals surface area contributed by atoms with Gasteiger partial charge in [0.05, 0.1) is 24.9 Å². The summed E-state index contributed by atoms with van der Waals surface area (Å²) in [5, 5.41) is 21.5. The normalized spacial score (nSPS) is 30.2. The monoisotopic (exact) mass is 460 g/mol. The largest absolute Gasteiger partial charge is 0.465 e. The third kappa shape index (κ3) is 5.40. The van der Waals surface area contributed by atoms with E-state index in [0.29, 0.717) is 18.4 Å². The molecular weight excluding hydrogens is 424 g/mol. The number of aliphatic hydroxyl groups excluding tert-OH is 2. The van der Waals surface area contributed by atoms with E-state index in [2.05, 4.69) is 12.2 Å². The first-order valence-corrected chi connectivity index (χ1v) is 12.7. The average Bonchev–Trinajstić information content (AvgIpc) is 3.54. The maximum Gasteiger partial charge on any atom is 0.337 e. The molecule has 1 aromatic carbocycles. The average molecular weight is 461 g/mol. The summed E-state index contributed by atoms with van der Waals surface area (Å²) in [6.07, 6.45) is 13.9. The highest BCUT2D eigenvalue weighted by atomic mass is 35.5. The summed E-state index contributed by atoms with van der Waals surface area (Å²) in [4.78, 5) is 11.6. The molecule has 3 unspecified atom stereocenters. The lowest BCUT2D eigenvalue weighted by Crippen LogP contribution is -2.41. The maximum atomic E-state index is 11.6. The molecule has 3 fully saturated rings. The molecule has 4 nitrogen and oxygen atoms in total. The number of halogens is 1. The minimum Gasteiger partial charge on any atom is -0.465 e. The highest BCUT2D eigenvalue weighted by Crippen LogP contribution is 2.53. The number of ether oxygens (including phenoxy) is 1. The van der Waals surface area contributed by atoms with Crippen molar-refractivity contribution in [2.45, 2.75) is 81.8 Å². The van der Waals surface area contributed by atoms with E-state index in [1.165, 1.54) is 32.8 Å². The number of hydrogen-bond acceptors (Lipinski definition) is 4. The van der Waals surface area contributed by atoms with Crippen molar-refractivity contribution in [1.29, 1.82) is 0 Å². The minimum absolute atomic E-state index is 0.0276. The van der Waals surface area contributed by atoms with E-state index in [9.17, 15) is 15.0 Å². The highest BCUT2D eigenvalue weighted by Gasteiger charge is 2.46. The number of aryl methyl sites for hydroxylation is 1. The first-order valence-electron chi connectivity index (χ1n) is 12.3. The van der Waals surface area contributed by atoms with Crippen molar-refractivity contribution in [3.8, 4) is 0 Å². The van der Waals surface area contributed by atoms with Crippen LogP contribution in [0.1, 0.15) is 73.7 Å². The molecular formula is C27H37ClO4. The lowest BCUT2D eigenvalue weighted by atomic mass is 9.61. The lowest BCUT2D eigenvalue weighted by molar-refractivity contribution is -0.0430. The fraction of sp³-hybridized carbons (Fsp3) is 0.667. The van der Waals surface area contributed by atoms with Gasteiger partial charge in [-0.1, -0.05) is 43.5 Å². The highest BCUT2D eigenvalue weighted by molar-refractivity contribution is 6.21. The Kier molecular flexibility index (Phi) is 7.64. The van der Waals surface area contributed by atoms with Crippen LogP contribution in [0.15, 0.2) is 36.4 Å². The first kappa shape index (κ1) is 23.8. The molecule has 176 valence electrons. The molecule has 0 aromatic heterocycles. The van der Waals surface area contributed by atoms with E-state index < -0.39 is 6.10 Å². The van der Waals surface area contributed by atoms with Crippen LogP contribution in [0.4, 0.5) is 0 Å². The van der Waals surface area contributed by atoms with Gasteiger partial charge in [0.2, 0.25) is 0 Å². The van der Waals surface area contributed by atoms with Crippen molar-refractivity contribution in [3.05, 3.63) is 47.5 Å². The lowest BCUT2D eigenvalue weighted by Gasteiger charge is -2.46. The van der Waals surface area contributed by atoms with Gasteiger partial charge in [-0.05, 0) is 79.9 Å². The molecule has 1 aromatic rings. The predicted octanol–water partition coefficient (Wildman–Crippen LogP) is 5.29. The second-order valence-electron chi connectivity index (χ2n) is 10.3. The zero-order valence-electron chi connectivity index (χ0n) is 19.1. The van der Waals surface area contributed by atoms with Crippen LogP contribution in [0.25, 0.3) is 0 Å². The second-order valence-corrected chi connectivity index (χ2v) is 10.9. The number of aliphatic hydroxyl groups is 2. The molecule has 32 heavy (non-hydrogen) atoms. The maximum absolute atomic E-state index is 11.6. The number of carbonyl (C=O) groups is 1. The van der Waals surface area contributed by atoms with Crippen molar-refractivity contribution in [2.75, 3.05) is 7.11 Å². The van der Waals surface area contributed by atoms with Gasteiger partial charge in [0.1, 0.15) is 0 Å². The van der Waals surface area contributed by atoms with Crippen molar-refractivity contribution in [2.24, 2.45) is 23.2 Å². The zero-order valence-corrected chi connectivity index (χ0v) is 19.8. The van der Waals surface area contributed by atoms with Gasteiger partial charge in [0.25, 0.3) is 0 Å². The Morgan fingerprint density at radius 3 is 2.59 bits per heavy atom. The minimum atomic E-state index is -0.429. The Morgan fingerprint density at radius 2 is 2.00 bits per heavy atom. The van der Waals surface area contributed by atoms with Gasteiger partial charge in [-0.3, -0.25) is 0 Å². The van der Waals surface area contributed by atoms with Gasteiger partial charge in [-0.25, -0.2) is 4.79 Å². The molecule has 4 rings (SSSR count). The quantitative estimate of drug-likeness (QED) is 0.283. The summed E-state index contributed by atoms with van der Waals surface area (Å²) in [6, 6.07) is 7.50. The predicted molar refractivity (Wildman–Crippen MR) is 127 cm³/mol. The van der Waals surface area contributed by atoms with Crippen LogP contribution in [-0.4, -0.2) is 40.9 Å². The van der Waals surface area contributed by atoms with Crippen LogP contribution >= 0.6 is 11.6 Å². The summed E-state index contributed by atoms with van der Waals surface area (Å²) in [6.45, 7) is 0. The molecule has 0 saturated heterocycles. The van der Waals surface area contributed by atoms with E-state index >= 15 is 0 Å². The molecule has 3 aliphatic carbocycles. The first-order chi connectivity index (χ1) is 15.4. The molecule has 3 saturated carbocycles. The Hall–Kier alpha value is -1.36. The molecule has 0 aliphatic heterocycles. The summed E-state index contributed by atoms with van der Waals surface area (Å²) in [5.41, 5.74) is 1.84. The molecule has 3 aliphatic rings. The van der Waals surface area contributed by atoms with E-state index in [1.807, 2.05) is 12.1 Å². The fourth-order valence-electron chi connectivity index (χ4n) is 5.81. The van der Waals surface area contributed by atoms with Crippen molar-refractivity contribution in [1.82, 2.24) is 0 Å². The molecule has 5 atom stereocenters. The number of carbonyl (C=O) groups excluding carboxylic acids is 1. The van der Waals surface area contributed by atoms with E-state index in [4.69, 9.17) is 16.3 Å². The topological polar surface area (TPSA) is 66.8 Å². The van der Waals surface area contributed by atoms with E-state index in [1.54, 1.807) is 12.1 Å². The molecule has 0 spiro atoms. The van der Waals surface area contributed by atoms with E-state index in [-0.39, 0.29) is 34.7 Å². The van der Waals surface area contributed by atoms with Crippen molar-refractivity contribution >= 4 is 17.6 Å². The SMILES string of the molecule is COC(=O)c1ccc(CC[C@H]2C(Cl)CC(O)[C@@H]2C=CCC(O)C2(CC3CC3)CCC2)cc1. The van der Waals surface area contributed by atoms with Gasteiger partial charge < -0.3 is 14.9 Å². The fourth-order valence-corrected chi connectivity index (χ4v) is 6.28.